The summed E-state index contributed by atoms with van der Waals surface area (Å²) in [4.78, 5) is 23.1. The van der Waals surface area contributed by atoms with Crippen molar-refractivity contribution in [2.45, 2.75) is 40.2 Å². The summed E-state index contributed by atoms with van der Waals surface area (Å²) in [5.41, 5.74) is 2.36. The van der Waals surface area contributed by atoms with E-state index in [2.05, 4.69) is 0 Å². The van der Waals surface area contributed by atoms with Gasteiger partial charge in [0, 0.05) is 0 Å². The minimum Gasteiger partial charge on any atom is -0.481 e. The summed E-state index contributed by atoms with van der Waals surface area (Å²) in [5.74, 6) is -2.08. The van der Waals surface area contributed by atoms with Crippen LogP contribution in [0.1, 0.15) is 41.8 Å². The molecule has 0 saturated carbocycles. The molecule has 0 fully saturated rings. The quantitative estimate of drug-likeness (QED) is 0.830. The lowest BCUT2D eigenvalue weighted by molar-refractivity contribution is -0.145. The molecule has 0 aromatic heterocycles. The fraction of sp³-hybridized carbons (Fsp3) is 0.467. The average Bonchev–Trinajstić information content (AvgIpc) is 2.32. The first-order valence-corrected chi connectivity index (χ1v) is 6.38. The Balaban J connectivity index is 2.85. The second-order valence-corrected chi connectivity index (χ2v) is 4.71. The van der Waals surface area contributed by atoms with Crippen LogP contribution in [-0.4, -0.2) is 23.1 Å². The zero-order chi connectivity index (χ0) is 14.6. The number of ether oxygens (including phenoxy) is 1. The fourth-order valence-electron chi connectivity index (χ4n) is 1.99. The molecule has 1 aromatic rings. The van der Waals surface area contributed by atoms with Crippen LogP contribution in [-0.2, 0) is 9.53 Å². The van der Waals surface area contributed by atoms with Crippen molar-refractivity contribution in [1.29, 1.82) is 0 Å². The van der Waals surface area contributed by atoms with E-state index in [1.165, 1.54) is 0 Å². The number of benzene rings is 1. The number of hydrogen-bond acceptors (Lipinski definition) is 3. The van der Waals surface area contributed by atoms with Crippen LogP contribution in [0.2, 0.25) is 0 Å². The van der Waals surface area contributed by atoms with Crippen LogP contribution in [0.3, 0.4) is 0 Å². The van der Waals surface area contributed by atoms with Crippen LogP contribution in [0.15, 0.2) is 18.2 Å². The van der Waals surface area contributed by atoms with Crippen molar-refractivity contribution in [3.8, 4) is 0 Å². The molecular weight excluding hydrogens is 244 g/mol. The van der Waals surface area contributed by atoms with Gasteiger partial charge < -0.3 is 9.84 Å². The van der Waals surface area contributed by atoms with E-state index < -0.39 is 24.0 Å². The highest BCUT2D eigenvalue weighted by molar-refractivity contribution is 5.91. The lowest BCUT2D eigenvalue weighted by Gasteiger charge is -2.20. The van der Waals surface area contributed by atoms with E-state index in [1.807, 2.05) is 19.9 Å². The monoisotopic (exact) mass is 264 g/mol. The molecule has 1 rings (SSSR count). The van der Waals surface area contributed by atoms with Crippen LogP contribution in [0.5, 0.6) is 0 Å². The normalized spacial score (nSPS) is 13.7. The topological polar surface area (TPSA) is 63.6 Å². The molecule has 19 heavy (non-hydrogen) atoms. The molecule has 0 radical (unpaired) electrons. The van der Waals surface area contributed by atoms with E-state index in [1.54, 1.807) is 26.0 Å². The number of hydrogen-bond donors (Lipinski definition) is 1. The van der Waals surface area contributed by atoms with Crippen LogP contribution in [0.25, 0.3) is 0 Å². The maximum atomic E-state index is 12.1. The Morgan fingerprint density at radius 3 is 2.47 bits per heavy atom. The number of carboxylic acids is 1. The van der Waals surface area contributed by atoms with Gasteiger partial charge in [-0.3, -0.25) is 4.79 Å². The number of carboxylic acid groups (broad SMARTS) is 1. The first-order valence-electron chi connectivity index (χ1n) is 6.38. The van der Waals surface area contributed by atoms with E-state index in [0.29, 0.717) is 12.0 Å². The molecule has 1 aromatic carbocycles. The van der Waals surface area contributed by atoms with Gasteiger partial charge in [-0.2, -0.15) is 0 Å². The Kier molecular flexibility index (Phi) is 5.10. The van der Waals surface area contributed by atoms with Crippen LogP contribution < -0.4 is 0 Å². The maximum Gasteiger partial charge on any atom is 0.338 e. The molecule has 2 unspecified atom stereocenters. The van der Waals surface area contributed by atoms with Crippen molar-refractivity contribution in [2.24, 2.45) is 5.92 Å². The Morgan fingerprint density at radius 2 is 1.95 bits per heavy atom. The highest BCUT2D eigenvalue weighted by atomic mass is 16.5. The van der Waals surface area contributed by atoms with Gasteiger partial charge in [0.2, 0.25) is 0 Å². The van der Waals surface area contributed by atoms with Crippen LogP contribution in [0, 0.1) is 19.8 Å². The zero-order valence-electron chi connectivity index (χ0n) is 11.8. The molecule has 0 spiro atoms. The van der Waals surface area contributed by atoms with Gasteiger partial charge in [0.1, 0.15) is 6.10 Å². The molecule has 2 atom stereocenters. The maximum absolute atomic E-state index is 12.1. The first kappa shape index (κ1) is 15.2. The molecule has 4 nitrogen and oxygen atoms in total. The van der Waals surface area contributed by atoms with Gasteiger partial charge in [-0.25, -0.2) is 4.79 Å². The van der Waals surface area contributed by atoms with Crippen molar-refractivity contribution in [1.82, 2.24) is 0 Å². The van der Waals surface area contributed by atoms with Gasteiger partial charge >= 0.3 is 11.9 Å². The summed E-state index contributed by atoms with van der Waals surface area (Å²) in [6.45, 7) is 7.15. The van der Waals surface area contributed by atoms with E-state index in [9.17, 15) is 9.59 Å². The van der Waals surface area contributed by atoms with Crippen molar-refractivity contribution >= 4 is 11.9 Å². The largest absolute Gasteiger partial charge is 0.481 e. The standard InChI is InChI=1S/C15H20O4/c1-5-12(14(16)17)11(4)19-15(18)13-8-6-7-9(2)10(13)3/h6-8,11-12H,5H2,1-4H3,(H,16,17). The Labute approximate surface area is 113 Å². The van der Waals surface area contributed by atoms with E-state index in [4.69, 9.17) is 9.84 Å². The van der Waals surface area contributed by atoms with Crippen molar-refractivity contribution < 1.29 is 19.4 Å². The first-order chi connectivity index (χ1) is 8.88. The molecule has 1 N–H and O–H groups in total. The zero-order valence-corrected chi connectivity index (χ0v) is 11.8. The Morgan fingerprint density at radius 1 is 1.32 bits per heavy atom. The molecule has 0 aliphatic heterocycles. The summed E-state index contributed by atoms with van der Waals surface area (Å²) >= 11 is 0. The molecule has 4 heteroatoms. The number of aryl methyl sites for hydroxylation is 1. The fourth-order valence-corrected chi connectivity index (χ4v) is 1.99. The van der Waals surface area contributed by atoms with Crippen LogP contribution >= 0.6 is 0 Å². The second kappa shape index (κ2) is 6.36. The number of aliphatic carboxylic acids is 1. The number of rotatable bonds is 5. The Bertz CT molecular complexity index is 479. The third-order valence-electron chi connectivity index (χ3n) is 3.44. The van der Waals surface area contributed by atoms with Gasteiger partial charge in [0.05, 0.1) is 11.5 Å². The predicted octanol–water partition coefficient (Wildman–Crippen LogP) is 2.96. The lowest BCUT2D eigenvalue weighted by Crippen LogP contribution is -2.30. The smallest absolute Gasteiger partial charge is 0.338 e. The summed E-state index contributed by atoms with van der Waals surface area (Å²) in [5, 5.41) is 9.03. The molecule has 0 heterocycles. The van der Waals surface area contributed by atoms with Gasteiger partial charge in [-0.15, -0.1) is 0 Å². The minimum atomic E-state index is -0.941. The number of carbonyl (C=O) groups is 2. The van der Waals surface area contributed by atoms with E-state index >= 15 is 0 Å². The molecule has 104 valence electrons. The van der Waals surface area contributed by atoms with Crippen LogP contribution in [0.4, 0.5) is 0 Å². The van der Waals surface area contributed by atoms with Crippen molar-refractivity contribution in [2.75, 3.05) is 0 Å². The van der Waals surface area contributed by atoms with Crippen molar-refractivity contribution in [3.63, 3.8) is 0 Å². The summed E-state index contributed by atoms with van der Waals surface area (Å²) < 4.78 is 5.27. The van der Waals surface area contributed by atoms with Crippen molar-refractivity contribution in [3.05, 3.63) is 34.9 Å². The molecular formula is C15H20O4. The van der Waals surface area contributed by atoms with Gasteiger partial charge in [0.15, 0.2) is 0 Å². The SMILES string of the molecule is CCC(C(=O)O)C(C)OC(=O)c1cccc(C)c1C. The average molecular weight is 264 g/mol. The van der Waals surface area contributed by atoms with E-state index in [-0.39, 0.29) is 0 Å². The third-order valence-corrected chi connectivity index (χ3v) is 3.44. The lowest BCUT2D eigenvalue weighted by atomic mass is 10.0. The van der Waals surface area contributed by atoms with Gasteiger partial charge in [-0.05, 0) is 44.4 Å². The summed E-state index contributed by atoms with van der Waals surface area (Å²) in [6.07, 6.45) is -0.216. The number of carbonyl (C=O) groups excluding carboxylic acids is 1. The molecule has 0 bridgehead atoms. The highest BCUT2D eigenvalue weighted by Gasteiger charge is 2.26. The minimum absolute atomic E-state index is 0.427. The number of esters is 1. The molecule has 0 aliphatic carbocycles. The van der Waals surface area contributed by atoms with E-state index in [0.717, 1.165) is 11.1 Å². The predicted molar refractivity (Wildman–Crippen MR) is 72.2 cm³/mol. The third kappa shape index (κ3) is 3.56. The molecule has 0 amide bonds. The summed E-state index contributed by atoms with van der Waals surface area (Å²) in [7, 11) is 0. The second-order valence-electron chi connectivity index (χ2n) is 4.71. The van der Waals surface area contributed by atoms with Gasteiger partial charge in [-0.1, -0.05) is 19.1 Å². The highest BCUT2D eigenvalue weighted by Crippen LogP contribution is 2.18. The Hall–Kier alpha value is -1.84. The molecule has 0 aliphatic rings. The van der Waals surface area contributed by atoms with Gasteiger partial charge in [0.25, 0.3) is 0 Å². The molecule has 0 saturated heterocycles. The summed E-state index contributed by atoms with van der Waals surface area (Å²) in [6, 6.07) is 5.40.